The van der Waals surface area contributed by atoms with Gasteiger partial charge in [-0.15, -0.1) is 5.10 Å². The molecule has 0 unspecified atom stereocenters. The summed E-state index contributed by atoms with van der Waals surface area (Å²) >= 11 is 0. The molecule has 1 aromatic rings. The van der Waals surface area contributed by atoms with Crippen molar-refractivity contribution in [3.05, 3.63) is 34.4 Å². The summed E-state index contributed by atoms with van der Waals surface area (Å²) in [6.07, 6.45) is 2.00. The van der Waals surface area contributed by atoms with E-state index in [1.54, 1.807) is 33.0 Å². The van der Waals surface area contributed by atoms with Gasteiger partial charge in [0, 0.05) is 21.1 Å². The first kappa shape index (κ1) is 21.7. The molecule has 0 aliphatic carbocycles. The number of benzene rings is 1. The number of hydrogen-bond donors (Lipinski definition) is 0. The summed E-state index contributed by atoms with van der Waals surface area (Å²) in [6, 6.07) is 4.27. The van der Waals surface area contributed by atoms with Crippen molar-refractivity contribution in [1.29, 1.82) is 0 Å². The lowest BCUT2D eigenvalue weighted by Crippen LogP contribution is -2.36. The minimum atomic E-state index is -0.545. The summed E-state index contributed by atoms with van der Waals surface area (Å²) in [6.45, 7) is 8.25. The topological polar surface area (TPSA) is 62.2 Å². The highest BCUT2D eigenvalue weighted by Crippen LogP contribution is 2.20. The SMILES string of the molecule is CCOC(=O)C(=NN(C)C(=O)Cc1c(CC)cc(C)cc1CC)N(C)C. The average Bonchev–Trinajstić information content (AvgIpc) is 2.59. The Morgan fingerprint density at radius 1 is 1.04 bits per heavy atom. The van der Waals surface area contributed by atoms with E-state index in [2.05, 4.69) is 38.0 Å². The van der Waals surface area contributed by atoms with Crippen molar-refractivity contribution in [2.45, 2.75) is 47.0 Å². The molecule has 6 heteroatoms. The molecule has 0 fully saturated rings. The van der Waals surface area contributed by atoms with E-state index in [4.69, 9.17) is 4.74 Å². The second-order valence-electron chi connectivity index (χ2n) is 6.40. The Labute approximate surface area is 156 Å². The van der Waals surface area contributed by atoms with Crippen molar-refractivity contribution in [3.8, 4) is 0 Å². The van der Waals surface area contributed by atoms with Gasteiger partial charge in [-0.1, -0.05) is 31.5 Å². The lowest BCUT2D eigenvalue weighted by molar-refractivity contribution is -0.135. The summed E-state index contributed by atoms with van der Waals surface area (Å²) in [5.41, 5.74) is 4.64. The molecule has 0 heterocycles. The molecule has 0 bridgehead atoms. The van der Waals surface area contributed by atoms with Gasteiger partial charge in [-0.2, -0.15) is 0 Å². The van der Waals surface area contributed by atoms with E-state index in [1.807, 2.05) is 0 Å². The van der Waals surface area contributed by atoms with Gasteiger partial charge in [-0.05, 0) is 43.4 Å². The molecule has 1 aromatic carbocycles. The van der Waals surface area contributed by atoms with E-state index < -0.39 is 5.97 Å². The van der Waals surface area contributed by atoms with Crippen molar-refractivity contribution >= 4 is 17.7 Å². The van der Waals surface area contributed by atoms with E-state index in [9.17, 15) is 9.59 Å². The summed E-state index contributed by atoms with van der Waals surface area (Å²) < 4.78 is 5.00. The average molecular weight is 361 g/mol. The van der Waals surface area contributed by atoms with Crippen LogP contribution in [-0.2, 0) is 33.6 Å². The maximum absolute atomic E-state index is 12.7. The molecule has 0 saturated heterocycles. The molecule has 0 saturated carbocycles. The van der Waals surface area contributed by atoms with Crippen LogP contribution in [0.1, 0.15) is 43.0 Å². The van der Waals surface area contributed by atoms with E-state index in [-0.39, 0.29) is 24.8 Å². The van der Waals surface area contributed by atoms with Crippen molar-refractivity contribution in [2.75, 3.05) is 27.7 Å². The van der Waals surface area contributed by atoms with Crippen molar-refractivity contribution in [2.24, 2.45) is 5.10 Å². The fourth-order valence-corrected chi connectivity index (χ4v) is 2.80. The van der Waals surface area contributed by atoms with Crippen LogP contribution >= 0.6 is 0 Å². The normalized spacial score (nSPS) is 11.3. The number of amidine groups is 1. The number of rotatable bonds is 6. The molecule has 0 spiro atoms. The molecular weight excluding hydrogens is 330 g/mol. The molecule has 0 atom stereocenters. The van der Waals surface area contributed by atoms with Crippen molar-refractivity contribution in [1.82, 2.24) is 9.91 Å². The van der Waals surface area contributed by atoms with Gasteiger partial charge in [0.05, 0.1) is 13.0 Å². The van der Waals surface area contributed by atoms with Crippen molar-refractivity contribution < 1.29 is 14.3 Å². The van der Waals surface area contributed by atoms with Gasteiger partial charge >= 0.3 is 5.97 Å². The number of aryl methyl sites for hydroxylation is 3. The number of hydrogen-bond acceptors (Lipinski definition) is 4. The Kier molecular flexibility index (Phi) is 8.29. The van der Waals surface area contributed by atoms with Gasteiger partial charge in [-0.3, -0.25) is 4.79 Å². The number of amides is 1. The van der Waals surface area contributed by atoms with E-state index in [0.29, 0.717) is 0 Å². The zero-order valence-corrected chi connectivity index (χ0v) is 17.0. The smallest absolute Gasteiger partial charge is 0.375 e. The van der Waals surface area contributed by atoms with Gasteiger partial charge < -0.3 is 9.64 Å². The fourth-order valence-electron chi connectivity index (χ4n) is 2.80. The molecule has 1 rings (SSSR count). The van der Waals surface area contributed by atoms with Gasteiger partial charge in [0.1, 0.15) is 0 Å². The molecule has 0 aromatic heterocycles. The van der Waals surface area contributed by atoms with Crippen LogP contribution in [0, 0.1) is 6.92 Å². The van der Waals surface area contributed by atoms with Crippen LogP contribution in [-0.4, -0.2) is 55.4 Å². The molecule has 144 valence electrons. The second kappa shape index (κ2) is 9.94. The van der Waals surface area contributed by atoms with E-state index in [1.165, 1.54) is 21.7 Å². The largest absolute Gasteiger partial charge is 0.460 e. The Bertz CT molecular complexity index is 656. The van der Waals surface area contributed by atoms with E-state index in [0.717, 1.165) is 18.4 Å². The third kappa shape index (κ3) is 5.58. The Morgan fingerprint density at radius 3 is 2.00 bits per heavy atom. The fraction of sp³-hybridized carbons (Fsp3) is 0.550. The number of nitrogens with zero attached hydrogens (tertiary/aromatic N) is 3. The van der Waals surface area contributed by atoms with Crippen LogP contribution < -0.4 is 0 Å². The number of ether oxygens (including phenoxy) is 1. The number of hydrazone groups is 1. The van der Waals surface area contributed by atoms with Gasteiger partial charge in [0.25, 0.3) is 0 Å². The molecule has 6 nitrogen and oxygen atoms in total. The first-order chi connectivity index (χ1) is 12.2. The predicted octanol–water partition coefficient (Wildman–Crippen LogP) is 2.56. The number of carbonyl (C=O) groups excluding carboxylic acids is 2. The molecule has 0 aliphatic heterocycles. The van der Waals surface area contributed by atoms with Gasteiger partial charge in [0.15, 0.2) is 0 Å². The minimum absolute atomic E-state index is 0.0954. The van der Waals surface area contributed by atoms with Crippen LogP contribution in [0.3, 0.4) is 0 Å². The highest BCUT2D eigenvalue weighted by Gasteiger charge is 2.20. The Morgan fingerprint density at radius 2 is 1.58 bits per heavy atom. The minimum Gasteiger partial charge on any atom is -0.460 e. The van der Waals surface area contributed by atoms with E-state index >= 15 is 0 Å². The molecule has 0 N–H and O–H groups in total. The van der Waals surface area contributed by atoms with Gasteiger partial charge in [-0.25, -0.2) is 9.80 Å². The molecular formula is C20H31N3O3. The lowest BCUT2D eigenvalue weighted by atomic mass is 9.92. The van der Waals surface area contributed by atoms with Crippen LogP contribution in [0.25, 0.3) is 0 Å². The summed E-state index contributed by atoms with van der Waals surface area (Å²) in [5, 5.41) is 5.40. The first-order valence-electron chi connectivity index (χ1n) is 9.05. The first-order valence-corrected chi connectivity index (χ1v) is 9.05. The molecule has 26 heavy (non-hydrogen) atoms. The molecule has 0 aliphatic rings. The third-order valence-corrected chi connectivity index (χ3v) is 4.16. The monoisotopic (exact) mass is 361 g/mol. The lowest BCUT2D eigenvalue weighted by Gasteiger charge is -2.20. The molecule has 1 amide bonds. The Hall–Kier alpha value is -2.37. The molecule has 0 radical (unpaired) electrons. The summed E-state index contributed by atoms with van der Waals surface area (Å²) in [4.78, 5) is 26.3. The quantitative estimate of drug-likeness (QED) is 0.338. The summed E-state index contributed by atoms with van der Waals surface area (Å²) in [5.74, 6) is -0.615. The zero-order chi connectivity index (χ0) is 19.9. The number of esters is 1. The highest BCUT2D eigenvalue weighted by atomic mass is 16.5. The predicted molar refractivity (Wildman–Crippen MR) is 104 cm³/mol. The zero-order valence-electron chi connectivity index (χ0n) is 17.0. The Balaban J connectivity index is 3.10. The maximum atomic E-state index is 12.7. The maximum Gasteiger partial charge on any atom is 0.375 e. The van der Waals surface area contributed by atoms with Gasteiger partial charge in [0.2, 0.25) is 11.7 Å². The van der Waals surface area contributed by atoms with Crippen LogP contribution in [0.2, 0.25) is 0 Å². The second-order valence-corrected chi connectivity index (χ2v) is 6.40. The number of likely N-dealkylation sites (N-methyl/N-ethyl adjacent to an activating group) is 2. The highest BCUT2D eigenvalue weighted by molar-refractivity contribution is 6.35. The standard InChI is InChI=1S/C20H31N3O3/c1-8-15-11-14(4)12-16(9-2)17(15)13-18(24)23(7)21-19(22(5)6)20(25)26-10-3/h11-12H,8-10,13H2,1-7H3. The third-order valence-electron chi connectivity index (χ3n) is 4.16. The van der Waals surface area contributed by atoms with Crippen molar-refractivity contribution in [3.63, 3.8) is 0 Å². The summed E-state index contributed by atoms with van der Waals surface area (Å²) in [7, 11) is 4.95. The van der Waals surface area contributed by atoms with Crippen LogP contribution in [0.15, 0.2) is 17.2 Å². The van der Waals surface area contributed by atoms with Crippen LogP contribution in [0.4, 0.5) is 0 Å². The number of carbonyl (C=O) groups is 2. The van der Waals surface area contributed by atoms with Crippen LogP contribution in [0.5, 0.6) is 0 Å².